The van der Waals surface area contributed by atoms with E-state index in [1.54, 1.807) is 0 Å². The van der Waals surface area contributed by atoms with E-state index in [0.29, 0.717) is 0 Å². The van der Waals surface area contributed by atoms with Gasteiger partial charge in [0, 0.05) is 32.8 Å². The number of piperidine rings is 1. The Morgan fingerprint density at radius 3 is 2.52 bits per heavy atom. The number of likely N-dealkylation sites (tertiary alicyclic amines) is 1. The van der Waals surface area contributed by atoms with Gasteiger partial charge in [-0.1, -0.05) is 20.8 Å². The summed E-state index contributed by atoms with van der Waals surface area (Å²) in [6.45, 7) is 15.5. The van der Waals surface area contributed by atoms with Gasteiger partial charge in [0.05, 0.1) is 0 Å². The monoisotopic (exact) mass is 496 g/mol. The van der Waals surface area contributed by atoms with Crippen LogP contribution in [0.2, 0.25) is 0 Å². The van der Waals surface area contributed by atoms with Crippen LogP contribution in [0.15, 0.2) is 4.99 Å². The molecule has 0 spiro atoms. The molecule has 0 aromatic rings. The highest BCUT2D eigenvalue weighted by Crippen LogP contribution is 2.30. The lowest BCUT2D eigenvalue weighted by Crippen LogP contribution is -2.39. The summed E-state index contributed by atoms with van der Waals surface area (Å²) in [7, 11) is 0. The highest BCUT2D eigenvalue weighted by Gasteiger charge is 2.25. The van der Waals surface area contributed by atoms with Crippen LogP contribution in [0.1, 0.15) is 72.6 Å². The zero-order valence-corrected chi connectivity index (χ0v) is 20.6. The summed E-state index contributed by atoms with van der Waals surface area (Å²) in [6, 6.07) is 0. The standard InChI is InChI=1S/C21H44N4O.HI/c1-5-21(6-2,12-16-26)18-24-20(22-7-3)23-13-8-9-14-25-15-10-11-19(4)17-25;/h19,26H,5-18H2,1-4H3,(H2,22,23,24);1H. The summed E-state index contributed by atoms with van der Waals surface area (Å²) in [6.07, 6.45) is 8.13. The fourth-order valence-corrected chi connectivity index (χ4v) is 3.89. The van der Waals surface area contributed by atoms with Crippen molar-refractivity contribution in [1.29, 1.82) is 0 Å². The van der Waals surface area contributed by atoms with E-state index in [2.05, 4.69) is 43.2 Å². The van der Waals surface area contributed by atoms with Gasteiger partial charge in [0.2, 0.25) is 0 Å². The first kappa shape index (κ1) is 26.9. The van der Waals surface area contributed by atoms with Gasteiger partial charge in [-0.05, 0) is 76.3 Å². The second kappa shape index (κ2) is 15.8. The van der Waals surface area contributed by atoms with E-state index in [4.69, 9.17) is 4.99 Å². The molecule has 0 amide bonds. The molecule has 0 aromatic carbocycles. The predicted octanol–water partition coefficient (Wildman–Crippen LogP) is 3.86. The minimum Gasteiger partial charge on any atom is -0.396 e. The van der Waals surface area contributed by atoms with Crippen LogP contribution in [0.25, 0.3) is 0 Å². The molecule has 1 unspecified atom stereocenters. The molecule has 1 aliphatic rings. The third-order valence-electron chi connectivity index (χ3n) is 5.99. The Kier molecular flexibility index (Phi) is 15.8. The van der Waals surface area contributed by atoms with Crippen LogP contribution in [0.5, 0.6) is 0 Å². The van der Waals surface area contributed by atoms with Crippen LogP contribution in [0, 0.1) is 11.3 Å². The second-order valence-corrected chi connectivity index (χ2v) is 8.06. The maximum absolute atomic E-state index is 9.37. The number of nitrogens with zero attached hydrogens (tertiary/aromatic N) is 2. The van der Waals surface area contributed by atoms with Crippen molar-refractivity contribution in [2.24, 2.45) is 16.3 Å². The van der Waals surface area contributed by atoms with Crippen molar-refractivity contribution >= 4 is 29.9 Å². The Labute approximate surface area is 185 Å². The summed E-state index contributed by atoms with van der Waals surface area (Å²) in [4.78, 5) is 7.44. The first-order valence-corrected chi connectivity index (χ1v) is 10.9. The number of unbranched alkanes of at least 4 members (excludes halogenated alkanes) is 1. The topological polar surface area (TPSA) is 59.9 Å². The third kappa shape index (κ3) is 10.9. The number of aliphatic hydroxyl groups excluding tert-OH is 1. The Morgan fingerprint density at radius 1 is 1.19 bits per heavy atom. The number of aliphatic imine (C=N–C) groups is 1. The van der Waals surface area contributed by atoms with Crippen LogP contribution >= 0.6 is 24.0 Å². The number of rotatable bonds is 12. The molecule has 0 radical (unpaired) electrons. The lowest BCUT2D eigenvalue weighted by Gasteiger charge is -2.30. The minimum atomic E-state index is 0. The second-order valence-electron chi connectivity index (χ2n) is 8.06. The zero-order valence-electron chi connectivity index (χ0n) is 18.2. The van der Waals surface area contributed by atoms with Crippen LogP contribution in [-0.2, 0) is 0 Å². The van der Waals surface area contributed by atoms with Gasteiger partial charge in [-0.25, -0.2) is 0 Å². The van der Waals surface area contributed by atoms with E-state index in [-0.39, 0.29) is 36.0 Å². The molecule has 6 heteroatoms. The van der Waals surface area contributed by atoms with Crippen molar-refractivity contribution in [2.45, 2.75) is 72.6 Å². The van der Waals surface area contributed by atoms with Crippen molar-refractivity contribution in [3.05, 3.63) is 0 Å². The largest absolute Gasteiger partial charge is 0.396 e. The molecule has 0 aromatic heterocycles. The average Bonchev–Trinajstić information content (AvgIpc) is 2.64. The van der Waals surface area contributed by atoms with Crippen LogP contribution in [0.3, 0.4) is 0 Å². The summed E-state index contributed by atoms with van der Waals surface area (Å²) >= 11 is 0. The molecule has 1 fully saturated rings. The summed E-state index contributed by atoms with van der Waals surface area (Å²) in [5.41, 5.74) is 0.127. The number of halogens is 1. The molecule has 3 N–H and O–H groups in total. The molecule has 0 aliphatic carbocycles. The Hall–Kier alpha value is -0.0800. The van der Waals surface area contributed by atoms with E-state index < -0.39 is 0 Å². The summed E-state index contributed by atoms with van der Waals surface area (Å²) < 4.78 is 0. The molecular weight excluding hydrogens is 451 g/mol. The molecule has 1 atom stereocenters. The SMILES string of the molecule is CCNC(=NCC(CC)(CC)CCO)NCCCCN1CCCC(C)C1.I. The van der Waals surface area contributed by atoms with Gasteiger partial charge in [-0.3, -0.25) is 4.99 Å². The van der Waals surface area contributed by atoms with Gasteiger partial charge in [0.15, 0.2) is 5.96 Å². The van der Waals surface area contributed by atoms with Crippen LogP contribution in [-0.4, -0.2) is 61.8 Å². The van der Waals surface area contributed by atoms with E-state index in [9.17, 15) is 5.11 Å². The molecule has 0 saturated carbocycles. The minimum absolute atomic E-state index is 0. The Balaban J connectivity index is 0.00000676. The van der Waals surface area contributed by atoms with Crippen molar-refractivity contribution in [3.63, 3.8) is 0 Å². The fraction of sp³-hybridized carbons (Fsp3) is 0.952. The number of hydrogen-bond donors (Lipinski definition) is 3. The zero-order chi connectivity index (χ0) is 19.3. The Morgan fingerprint density at radius 2 is 1.93 bits per heavy atom. The van der Waals surface area contributed by atoms with Crippen molar-refractivity contribution in [1.82, 2.24) is 15.5 Å². The van der Waals surface area contributed by atoms with E-state index in [1.165, 1.54) is 45.3 Å². The molecule has 1 aliphatic heterocycles. The highest BCUT2D eigenvalue weighted by molar-refractivity contribution is 14.0. The molecule has 162 valence electrons. The highest BCUT2D eigenvalue weighted by atomic mass is 127. The number of guanidine groups is 1. The van der Waals surface area contributed by atoms with Gasteiger partial charge in [-0.2, -0.15) is 0 Å². The quantitative estimate of drug-likeness (QED) is 0.166. The number of hydrogen-bond acceptors (Lipinski definition) is 3. The summed E-state index contributed by atoms with van der Waals surface area (Å²) in [5, 5.41) is 16.2. The number of aliphatic hydroxyl groups is 1. The first-order valence-electron chi connectivity index (χ1n) is 10.9. The third-order valence-corrected chi connectivity index (χ3v) is 5.99. The normalized spacial score (nSPS) is 18.9. The molecule has 5 nitrogen and oxygen atoms in total. The average molecular weight is 497 g/mol. The van der Waals surface area contributed by atoms with Gasteiger partial charge >= 0.3 is 0 Å². The van der Waals surface area contributed by atoms with E-state index in [1.807, 2.05) is 0 Å². The van der Waals surface area contributed by atoms with Gasteiger partial charge in [-0.15, -0.1) is 24.0 Å². The maximum Gasteiger partial charge on any atom is 0.191 e. The van der Waals surface area contributed by atoms with Crippen LogP contribution in [0.4, 0.5) is 0 Å². The molecular formula is C21H45IN4O. The smallest absolute Gasteiger partial charge is 0.191 e. The Bertz CT molecular complexity index is 388. The van der Waals surface area contributed by atoms with Gasteiger partial charge in [0.25, 0.3) is 0 Å². The molecule has 1 rings (SSSR count). The maximum atomic E-state index is 9.37. The lowest BCUT2D eigenvalue weighted by molar-refractivity contribution is 0.175. The lowest BCUT2D eigenvalue weighted by atomic mass is 9.79. The molecule has 27 heavy (non-hydrogen) atoms. The molecule has 1 heterocycles. The van der Waals surface area contributed by atoms with Crippen molar-refractivity contribution < 1.29 is 5.11 Å². The first-order chi connectivity index (χ1) is 12.6. The fourth-order valence-electron chi connectivity index (χ4n) is 3.89. The van der Waals surface area contributed by atoms with E-state index >= 15 is 0 Å². The predicted molar refractivity (Wildman–Crippen MR) is 128 cm³/mol. The van der Waals surface area contributed by atoms with Crippen molar-refractivity contribution in [3.8, 4) is 0 Å². The number of nitrogens with one attached hydrogen (secondary N) is 2. The van der Waals surface area contributed by atoms with Gasteiger partial charge in [0.1, 0.15) is 0 Å². The van der Waals surface area contributed by atoms with Crippen LogP contribution < -0.4 is 10.6 Å². The molecule has 1 saturated heterocycles. The van der Waals surface area contributed by atoms with Gasteiger partial charge < -0.3 is 20.6 Å². The van der Waals surface area contributed by atoms with E-state index in [0.717, 1.165) is 50.8 Å². The molecule has 0 bridgehead atoms. The summed E-state index contributed by atoms with van der Waals surface area (Å²) in [5.74, 6) is 1.79. The van der Waals surface area contributed by atoms with Crippen molar-refractivity contribution in [2.75, 3.05) is 45.9 Å².